The van der Waals surface area contributed by atoms with Crippen LogP contribution in [0.4, 0.5) is 0 Å². The molecule has 0 radical (unpaired) electrons. The van der Waals surface area contributed by atoms with Gasteiger partial charge in [0.2, 0.25) is 0 Å². The van der Waals surface area contributed by atoms with Crippen LogP contribution in [0.5, 0.6) is 17.2 Å². The Bertz CT molecular complexity index is 793. The summed E-state index contributed by atoms with van der Waals surface area (Å²) >= 11 is 6.11. The van der Waals surface area contributed by atoms with E-state index in [0.717, 1.165) is 22.6 Å². The monoisotopic (exact) mass is 375 g/mol. The Balaban J connectivity index is 1.63. The number of halogens is 1. The Hall–Kier alpha value is -2.40. The molecule has 1 aliphatic rings. The van der Waals surface area contributed by atoms with Gasteiger partial charge in [-0.05, 0) is 49.2 Å². The van der Waals surface area contributed by atoms with E-state index in [9.17, 15) is 4.79 Å². The van der Waals surface area contributed by atoms with Gasteiger partial charge in [-0.2, -0.15) is 0 Å². The van der Waals surface area contributed by atoms with Crippen LogP contribution in [-0.4, -0.2) is 37.2 Å². The summed E-state index contributed by atoms with van der Waals surface area (Å²) in [5.74, 6) is 1.89. The fourth-order valence-corrected chi connectivity index (χ4v) is 2.91. The molecule has 0 fully saturated rings. The third kappa shape index (κ3) is 4.41. The van der Waals surface area contributed by atoms with Crippen molar-refractivity contribution in [3.05, 3.63) is 52.5 Å². The van der Waals surface area contributed by atoms with Gasteiger partial charge in [0.15, 0.2) is 18.1 Å². The van der Waals surface area contributed by atoms with Crippen LogP contribution in [0.25, 0.3) is 0 Å². The molecule has 1 heterocycles. The summed E-state index contributed by atoms with van der Waals surface area (Å²) in [6, 6.07) is 11.2. The normalized spacial score (nSPS) is 12.6. The molecule has 0 aliphatic carbocycles. The van der Waals surface area contributed by atoms with E-state index in [2.05, 4.69) is 0 Å². The Kier molecular flexibility index (Phi) is 5.89. The van der Waals surface area contributed by atoms with E-state index in [0.29, 0.717) is 37.1 Å². The Morgan fingerprint density at radius 3 is 2.69 bits per heavy atom. The van der Waals surface area contributed by atoms with Crippen molar-refractivity contribution in [2.75, 3.05) is 26.4 Å². The lowest BCUT2D eigenvalue weighted by Gasteiger charge is -2.23. The van der Waals surface area contributed by atoms with Crippen molar-refractivity contribution in [1.29, 1.82) is 0 Å². The van der Waals surface area contributed by atoms with Crippen LogP contribution in [0.3, 0.4) is 0 Å². The van der Waals surface area contributed by atoms with Crippen LogP contribution >= 0.6 is 11.6 Å². The second kappa shape index (κ2) is 8.32. The molecular weight excluding hydrogens is 354 g/mol. The highest BCUT2D eigenvalue weighted by Crippen LogP contribution is 2.31. The third-order valence-corrected chi connectivity index (χ3v) is 4.46. The summed E-state index contributed by atoms with van der Waals surface area (Å²) in [5.41, 5.74) is 2.01. The average Bonchev–Trinajstić information content (AvgIpc) is 2.66. The number of fused-ring (bicyclic) bond motifs is 1. The summed E-state index contributed by atoms with van der Waals surface area (Å²) in [4.78, 5) is 14.3. The molecule has 1 aliphatic heterocycles. The molecule has 6 heteroatoms. The number of carbonyl (C=O) groups excluding carboxylic acids is 1. The number of nitrogens with zero attached hydrogens (tertiary/aromatic N) is 1. The summed E-state index contributed by atoms with van der Waals surface area (Å²) in [6.07, 6.45) is 0. The van der Waals surface area contributed by atoms with E-state index < -0.39 is 0 Å². The average molecular weight is 376 g/mol. The second-order valence-electron chi connectivity index (χ2n) is 6.11. The van der Waals surface area contributed by atoms with Gasteiger partial charge in [0, 0.05) is 13.1 Å². The number of hydrogen-bond acceptors (Lipinski definition) is 4. The molecule has 0 saturated heterocycles. The molecule has 5 nitrogen and oxygen atoms in total. The molecule has 0 aromatic heterocycles. The van der Waals surface area contributed by atoms with Crippen molar-refractivity contribution in [2.24, 2.45) is 0 Å². The quantitative estimate of drug-likeness (QED) is 0.769. The number of benzene rings is 2. The molecule has 0 bridgehead atoms. The van der Waals surface area contributed by atoms with E-state index in [1.165, 1.54) is 0 Å². The Labute approximate surface area is 158 Å². The molecule has 0 atom stereocenters. The smallest absolute Gasteiger partial charge is 0.260 e. The number of aryl methyl sites for hydroxylation is 1. The topological polar surface area (TPSA) is 48.0 Å². The molecule has 0 N–H and O–H groups in total. The van der Waals surface area contributed by atoms with Gasteiger partial charge in [-0.25, -0.2) is 0 Å². The van der Waals surface area contributed by atoms with E-state index >= 15 is 0 Å². The van der Waals surface area contributed by atoms with Crippen molar-refractivity contribution in [3.63, 3.8) is 0 Å². The summed E-state index contributed by atoms with van der Waals surface area (Å²) in [7, 11) is 0. The molecular formula is C20H22ClNO4. The maximum atomic E-state index is 12.5. The predicted octanol–water partition coefficient (Wildman–Crippen LogP) is 3.85. The van der Waals surface area contributed by atoms with Crippen LogP contribution in [0, 0.1) is 6.92 Å². The lowest BCUT2D eigenvalue weighted by Crippen LogP contribution is -2.34. The number of amides is 1. The van der Waals surface area contributed by atoms with Crippen LogP contribution in [-0.2, 0) is 11.3 Å². The van der Waals surface area contributed by atoms with Gasteiger partial charge < -0.3 is 19.1 Å². The van der Waals surface area contributed by atoms with E-state index in [4.69, 9.17) is 25.8 Å². The van der Waals surface area contributed by atoms with Crippen molar-refractivity contribution in [3.8, 4) is 17.2 Å². The maximum Gasteiger partial charge on any atom is 0.260 e. The van der Waals surface area contributed by atoms with Gasteiger partial charge in [0.1, 0.15) is 19.0 Å². The van der Waals surface area contributed by atoms with Crippen molar-refractivity contribution in [2.45, 2.75) is 20.4 Å². The lowest BCUT2D eigenvalue weighted by atomic mass is 10.1. The lowest BCUT2D eigenvalue weighted by molar-refractivity contribution is -0.133. The second-order valence-corrected chi connectivity index (χ2v) is 6.52. The number of likely N-dealkylation sites (N-methyl/N-ethyl adjacent to an activating group) is 1. The van der Waals surface area contributed by atoms with Crippen molar-refractivity contribution in [1.82, 2.24) is 4.90 Å². The van der Waals surface area contributed by atoms with E-state index in [1.54, 1.807) is 11.0 Å². The van der Waals surface area contributed by atoms with Crippen LogP contribution in [0.15, 0.2) is 36.4 Å². The highest BCUT2D eigenvalue weighted by Gasteiger charge is 2.17. The highest BCUT2D eigenvalue weighted by atomic mass is 35.5. The SMILES string of the molecule is CCN(Cc1ccc2c(c1)OCCO2)C(=O)COc1cc(C)ccc1Cl. The fourth-order valence-electron chi connectivity index (χ4n) is 2.73. The molecule has 26 heavy (non-hydrogen) atoms. The molecule has 3 rings (SSSR count). The minimum absolute atomic E-state index is 0.0540. The minimum Gasteiger partial charge on any atom is -0.486 e. The van der Waals surface area contributed by atoms with Gasteiger partial charge >= 0.3 is 0 Å². The molecule has 0 spiro atoms. The minimum atomic E-state index is -0.0973. The number of hydrogen-bond donors (Lipinski definition) is 0. The largest absolute Gasteiger partial charge is 0.486 e. The summed E-state index contributed by atoms with van der Waals surface area (Å²) in [6.45, 7) is 6.00. The molecule has 0 unspecified atom stereocenters. The van der Waals surface area contributed by atoms with Gasteiger partial charge in [0.25, 0.3) is 5.91 Å². The molecule has 138 valence electrons. The summed E-state index contributed by atoms with van der Waals surface area (Å²) in [5, 5.41) is 0.498. The zero-order valence-corrected chi connectivity index (χ0v) is 15.7. The number of rotatable bonds is 6. The summed E-state index contributed by atoms with van der Waals surface area (Å²) < 4.78 is 16.8. The zero-order valence-electron chi connectivity index (χ0n) is 15.0. The van der Waals surface area contributed by atoms with Crippen LogP contribution in [0.1, 0.15) is 18.1 Å². The van der Waals surface area contributed by atoms with Crippen LogP contribution < -0.4 is 14.2 Å². The van der Waals surface area contributed by atoms with Crippen LogP contribution in [0.2, 0.25) is 5.02 Å². The van der Waals surface area contributed by atoms with E-state index in [1.807, 2.05) is 44.2 Å². The highest BCUT2D eigenvalue weighted by molar-refractivity contribution is 6.32. The fraction of sp³-hybridized carbons (Fsp3) is 0.350. The van der Waals surface area contributed by atoms with Gasteiger partial charge in [-0.3, -0.25) is 4.79 Å². The Morgan fingerprint density at radius 2 is 1.92 bits per heavy atom. The van der Waals surface area contributed by atoms with Gasteiger partial charge in [-0.1, -0.05) is 23.7 Å². The van der Waals surface area contributed by atoms with Gasteiger partial charge in [0.05, 0.1) is 5.02 Å². The first-order valence-electron chi connectivity index (χ1n) is 8.62. The molecule has 1 amide bonds. The van der Waals surface area contributed by atoms with Crippen molar-refractivity contribution < 1.29 is 19.0 Å². The van der Waals surface area contributed by atoms with E-state index in [-0.39, 0.29) is 12.5 Å². The maximum absolute atomic E-state index is 12.5. The zero-order chi connectivity index (χ0) is 18.5. The predicted molar refractivity (Wildman–Crippen MR) is 100 cm³/mol. The number of carbonyl (C=O) groups is 1. The third-order valence-electron chi connectivity index (χ3n) is 4.15. The number of ether oxygens (including phenoxy) is 3. The standard InChI is InChI=1S/C20H22ClNO4/c1-3-22(12-15-5-7-17-19(11-15)25-9-8-24-17)20(23)13-26-18-10-14(2)4-6-16(18)21/h4-7,10-11H,3,8-9,12-13H2,1-2H3. The molecule has 2 aromatic carbocycles. The molecule has 2 aromatic rings. The van der Waals surface area contributed by atoms with Crippen molar-refractivity contribution >= 4 is 17.5 Å². The molecule has 0 saturated carbocycles. The van der Waals surface area contributed by atoms with Gasteiger partial charge in [-0.15, -0.1) is 0 Å². The Morgan fingerprint density at radius 1 is 1.15 bits per heavy atom. The first-order chi connectivity index (χ1) is 12.6. The first-order valence-corrected chi connectivity index (χ1v) is 9.00. The first kappa shape index (κ1) is 18.4.